The molecule has 6 nitrogen and oxygen atoms in total. The van der Waals surface area contributed by atoms with Crippen LogP contribution < -0.4 is 10.6 Å². The minimum Gasteiger partial charge on any atom is -0.383 e. The van der Waals surface area contributed by atoms with E-state index in [4.69, 9.17) is 0 Å². The summed E-state index contributed by atoms with van der Waals surface area (Å²) in [6, 6.07) is -0.648. The van der Waals surface area contributed by atoms with E-state index >= 15 is 0 Å². The van der Waals surface area contributed by atoms with Gasteiger partial charge < -0.3 is 15.7 Å². The zero-order valence-corrected chi connectivity index (χ0v) is 15.2. The minimum absolute atomic E-state index is 0.00528. The van der Waals surface area contributed by atoms with Crippen molar-refractivity contribution < 1.29 is 14.7 Å². The second-order valence-corrected chi connectivity index (χ2v) is 7.69. The molecular formula is C17H27N3O3S. The number of thiazole rings is 1. The molecule has 3 N–H and O–H groups in total. The number of amides is 2. The number of aliphatic hydroxyl groups is 1. The van der Waals surface area contributed by atoms with E-state index in [1.807, 2.05) is 13.8 Å². The monoisotopic (exact) mass is 353 g/mol. The molecule has 1 aromatic rings. The fourth-order valence-electron chi connectivity index (χ4n) is 3.08. The standard InChI is InChI=1S/C17H27N3O3S/c1-3-7-13(15(22)20-17-18-10-11(2)24-17)19-16(23)14(21)12-8-5-4-6-9-12/h10,12-14,21H,3-9H2,1-2H3,(H,19,23)(H,18,20,22). The lowest BCUT2D eigenvalue weighted by molar-refractivity contribution is -0.135. The highest BCUT2D eigenvalue weighted by atomic mass is 32.1. The molecule has 24 heavy (non-hydrogen) atoms. The summed E-state index contributed by atoms with van der Waals surface area (Å²) in [6.07, 6.45) is 6.97. The highest BCUT2D eigenvalue weighted by Crippen LogP contribution is 2.26. The van der Waals surface area contributed by atoms with Crippen LogP contribution in [0.3, 0.4) is 0 Å². The van der Waals surface area contributed by atoms with Crippen LogP contribution in [0.2, 0.25) is 0 Å². The number of aryl methyl sites for hydroxylation is 1. The smallest absolute Gasteiger partial charge is 0.249 e. The molecule has 0 saturated heterocycles. The van der Waals surface area contributed by atoms with Gasteiger partial charge in [-0.3, -0.25) is 9.59 Å². The van der Waals surface area contributed by atoms with Gasteiger partial charge in [0.15, 0.2) is 5.13 Å². The third kappa shape index (κ3) is 5.27. The maximum atomic E-state index is 12.4. The van der Waals surface area contributed by atoms with Gasteiger partial charge in [0.1, 0.15) is 12.1 Å². The quantitative estimate of drug-likeness (QED) is 0.703. The van der Waals surface area contributed by atoms with Gasteiger partial charge in [-0.15, -0.1) is 11.3 Å². The van der Waals surface area contributed by atoms with Crippen molar-refractivity contribution in [3.8, 4) is 0 Å². The van der Waals surface area contributed by atoms with Crippen molar-refractivity contribution in [1.29, 1.82) is 0 Å². The van der Waals surface area contributed by atoms with Gasteiger partial charge in [-0.2, -0.15) is 0 Å². The molecule has 2 atom stereocenters. The van der Waals surface area contributed by atoms with Crippen molar-refractivity contribution in [2.75, 3.05) is 5.32 Å². The number of hydrogen-bond acceptors (Lipinski definition) is 5. The molecule has 2 unspecified atom stereocenters. The summed E-state index contributed by atoms with van der Waals surface area (Å²) in [5.41, 5.74) is 0. The first-order chi connectivity index (χ1) is 11.5. The van der Waals surface area contributed by atoms with Crippen molar-refractivity contribution in [2.45, 2.75) is 70.9 Å². The first-order valence-electron chi connectivity index (χ1n) is 8.73. The second-order valence-electron chi connectivity index (χ2n) is 6.46. The molecule has 0 aromatic carbocycles. The largest absolute Gasteiger partial charge is 0.383 e. The molecule has 0 aliphatic heterocycles. The van der Waals surface area contributed by atoms with E-state index in [2.05, 4.69) is 15.6 Å². The molecular weight excluding hydrogens is 326 g/mol. The molecule has 1 aromatic heterocycles. The lowest BCUT2D eigenvalue weighted by Gasteiger charge is -2.27. The summed E-state index contributed by atoms with van der Waals surface area (Å²) in [5.74, 6) is -0.716. The summed E-state index contributed by atoms with van der Waals surface area (Å²) < 4.78 is 0. The molecule has 2 rings (SSSR count). The van der Waals surface area contributed by atoms with Crippen LogP contribution in [0, 0.1) is 12.8 Å². The summed E-state index contributed by atoms with van der Waals surface area (Å²) >= 11 is 1.39. The van der Waals surface area contributed by atoms with Gasteiger partial charge in [0.05, 0.1) is 0 Å². The molecule has 1 heterocycles. The molecule has 1 aliphatic carbocycles. The average molecular weight is 353 g/mol. The molecule has 7 heteroatoms. The SMILES string of the molecule is CCCC(NC(=O)C(O)C1CCCCC1)C(=O)Nc1ncc(C)s1. The Kier molecular flexibility index (Phi) is 7.17. The third-order valence-electron chi connectivity index (χ3n) is 4.43. The summed E-state index contributed by atoms with van der Waals surface area (Å²) in [7, 11) is 0. The number of carbonyl (C=O) groups excluding carboxylic acids is 2. The zero-order valence-electron chi connectivity index (χ0n) is 14.4. The van der Waals surface area contributed by atoms with Crippen LogP contribution in [0.1, 0.15) is 56.7 Å². The van der Waals surface area contributed by atoms with Crippen molar-refractivity contribution in [3.05, 3.63) is 11.1 Å². The van der Waals surface area contributed by atoms with Crippen LogP contribution in [0.15, 0.2) is 6.20 Å². The Labute approximate surface area is 147 Å². The topological polar surface area (TPSA) is 91.3 Å². The third-order valence-corrected chi connectivity index (χ3v) is 5.25. The normalized spacial score (nSPS) is 18.0. The summed E-state index contributed by atoms with van der Waals surface area (Å²) in [4.78, 5) is 29.9. The van der Waals surface area contributed by atoms with Crippen molar-refractivity contribution >= 4 is 28.3 Å². The van der Waals surface area contributed by atoms with Crippen LogP contribution in [0.25, 0.3) is 0 Å². The molecule has 134 valence electrons. The van der Waals surface area contributed by atoms with E-state index < -0.39 is 18.1 Å². The van der Waals surface area contributed by atoms with Crippen LogP contribution >= 0.6 is 11.3 Å². The van der Waals surface area contributed by atoms with Gasteiger partial charge in [-0.1, -0.05) is 32.6 Å². The number of carbonyl (C=O) groups is 2. The van der Waals surface area contributed by atoms with Gasteiger partial charge in [-0.05, 0) is 32.1 Å². The Balaban J connectivity index is 1.93. The Bertz CT molecular complexity index is 555. The van der Waals surface area contributed by atoms with E-state index in [9.17, 15) is 14.7 Å². The lowest BCUT2D eigenvalue weighted by atomic mass is 9.85. The molecule has 2 amide bonds. The van der Waals surface area contributed by atoms with Gasteiger partial charge in [0, 0.05) is 11.1 Å². The maximum Gasteiger partial charge on any atom is 0.249 e. The molecule has 1 fully saturated rings. The Morgan fingerprint density at radius 2 is 2.04 bits per heavy atom. The van der Waals surface area contributed by atoms with E-state index in [0.717, 1.165) is 37.0 Å². The number of aromatic nitrogens is 1. The first kappa shape index (κ1) is 18.9. The van der Waals surface area contributed by atoms with E-state index in [0.29, 0.717) is 11.6 Å². The minimum atomic E-state index is -1.03. The van der Waals surface area contributed by atoms with E-state index in [-0.39, 0.29) is 11.8 Å². The Morgan fingerprint density at radius 1 is 1.33 bits per heavy atom. The molecule has 0 spiro atoms. The lowest BCUT2D eigenvalue weighted by Crippen LogP contribution is -2.49. The Hall–Kier alpha value is -1.47. The summed E-state index contributed by atoms with van der Waals surface area (Å²) in [6.45, 7) is 3.87. The predicted molar refractivity (Wildman–Crippen MR) is 94.9 cm³/mol. The highest BCUT2D eigenvalue weighted by Gasteiger charge is 2.30. The number of nitrogens with one attached hydrogen (secondary N) is 2. The fraction of sp³-hybridized carbons (Fsp3) is 0.706. The van der Waals surface area contributed by atoms with Gasteiger partial charge in [0.25, 0.3) is 0 Å². The number of anilines is 1. The summed E-state index contributed by atoms with van der Waals surface area (Å²) in [5, 5.41) is 16.3. The van der Waals surface area contributed by atoms with Crippen molar-refractivity contribution in [3.63, 3.8) is 0 Å². The number of rotatable bonds is 7. The molecule has 0 radical (unpaired) electrons. The zero-order chi connectivity index (χ0) is 17.5. The molecule has 1 aliphatic rings. The average Bonchev–Trinajstić information content (AvgIpc) is 2.99. The van der Waals surface area contributed by atoms with E-state index in [1.165, 1.54) is 17.8 Å². The molecule has 0 bridgehead atoms. The van der Waals surface area contributed by atoms with Crippen molar-refractivity contribution in [1.82, 2.24) is 10.3 Å². The van der Waals surface area contributed by atoms with Crippen LogP contribution in [0.4, 0.5) is 5.13 Å². The number of aliphatic hydroxyl groups excluding tert-OH is 1. The van der Waals surface area contributed by atoms with Crippen molar-refractivity contribution in [2.24, 2.45) is 5.92 Å². The second kappa shape index (κ2) is 9.13. The van der Waals surface area contributed by atoms with Gasteiger partial charge in [0.2, 0.25) is 11.8 Å². The Morgan fingerprint density at radius 3 is 2.62 bits per heavy atom. The maximum absolute atomic E-state index is 12.4. The van der Waals surface area contributed by atoms with E-state index in [1.54, 1.807) is 6.20 Å². The van der Waals surface area contributed by atoms with Gasteiger partial charge in [-0.25, -0.2) is 4.98 Å². The van der Waals surface area contributed by atoms with Crippen LogP contribution in [0.5, 0.6) is 0 Å². The van der Waals surface area contributed by atoms with Gasteiger partial charge >= 0.3 is 0 Å². The highest BCUT2D eigenvalue weighted by molar-refractivity contribution is 7.15. The first-order valence-corrected chi connectivity index (χ1v) is 9.54. The van der Waals surface area contributed by atoms with Crippen LogP contribution in [-0.2, 0) is 9.59 Å². The fourth-order valence-corrected chi connectivity index (χ4v) is 3.75. The van der Waals surface area contributed by atoms with Crippen LogP contribution in [-0.4, -0.2) is 34.1 Å². The number of nitrogens with zero attached hydrogens (tertiary/aromatic N) is 1. The predicted octanol–water partition coefficient (Wildman–Crippen LogP) is 2.62. The number of hydrogen-bond donors (Lipinski definition) is 3. The molecule has 1 saturated carbocycles.